The second kappa shape index (κ2) is 7.54. The number of amides is 1. The van der Waals surface area contributed by atoms with Crippen molar-refractivity contribution in [2.24, 2.45) is 7.05 Å². The quantitative estimate of drug-likeness (QED) is 0.666. The van der Waals surface area contributed by atoms with Gasteiger partial charge in [0.15, 0.2) is 11.8 Å². The van der Waals surface area contributed by atoms with Gasteiger partial charge in [0.05, 0.1) is 22.0 Å². The first-order chi connectivity index (χ1) is 12.8. The number of rotatable bonds is 4. The highest BCUT2D eigenvalue weighted by Gasteiger charge is 2.21. The molecule has 7 nitrogen and oxygen atoms in total. The maximum Gasteiger partial charge on any atom is 0.340 e. The third kappa shape index (κ3) is 4.04. The van der Waals surface area contributed by atoms with E-state index in [1.807, 2.05) is 6.92 Å². The molecule has 1 aromatic carbocycles. The number of benzene rings is 1. The molecule has 0 aliphatic rings. The summed E-state index contributed by atoms with van der Waals surface area (Å²) >= 11 is 11.9. The Kier molecular flexibility index (Phi) is 5.34. The zero-order valence-corrected chi connectivity index (χ0v) is 16.3. The molecule has 27 heavy (non-hydrogen) atoms. The van der Waals surface area contributed by atoms with Crippen LogP contribution in [0.2, 0.25) is 10.0 Å². The Labute approximate surface area is 165 Å². The Balaban J connectivity index is 1.72. The summed E-state index contributed by atoms with van der Waals surface area (Å²) in [5.41, 5.74) is 1.98. The maximum absolute atomic E-state index is 12.4. The predicted molar refractivity (Wildman–Crippen MR) is 103 cm³/mol. The largest absolute Gasteiger partial charge is 0.449 e. The van der Waals surface area contributed by atoms with Crippen LogP contribution in [-0.4, -0.2) is 32.7 Å². The van der Waals surface area contributed by atoms with E-state index < -0.39 is 18.0 Å². The lowest BCUT2D eigenvalue weighted by Gasteiger charge is -2.14. The SMILES string of the molecule is Cc1nn(C)c2ncc(C(=O)OC(C)C(=O)Nc3cc(Cl)ccc3Cl)cc12. The minimum atomic E-state index is -1.04. The van der Waals surface area contributed by atoms with Gasteiger partial charge in [-0.1, -0.05) is 23.2 Å². The van der Waals surface area contributed by atoms with Crippen molar-refractivity contribution in [1.29, 1.82) is 0 Å². The highest BCUT2D eigenvalue weighted by molar-refractivity contribution is 6.35. The molecular formula is C18H16Cl2N4O3. The zero-order valence-electron chi connectivity index (χ0n) is 14.8. The summed E-state index contributed by atoms with van der Waals surface area (Å²) < 4.78 is 6.87. The summed E-state index contributed by atoms with van der Waals surface area (Å²) in [7, 11) is 1.77. The van der Waals surface area contributed by atoms with Crippen LogP contribution in [0, 0.1) is 6.92 Å². The second-order valence-corrected chi connectivity index (χ2v) is 6.81. The van der Waals surface area contributed by atoms with E-state index in [1.165, 1.54) is 19.2 Å². The average molecular weight is 407 g/mol. The third-order valence-electron chi connectivity index (χ3n) is 3.94. The van der Waals surface area contributed by atoms with Crippen LogP contribution in [-0.2, 0) is 16.6 Å². The molecule has 0 saturated carbocycles. The van der Waals surface area contributed by atoms with Gasteiger partial charge in [0.25, 0.3) is 5.91 Å². The predicted octanol–water partition coefficient (Wildman–Crippen LogP) is 3.77. The first kappa shape index (κ1) is 19.1. The maximum atomic E-state index is 12.4. The molecule has 0 spiro atoms. The number of aryl methyl sites for hydroxylation is 2. The third-order valence-corrected chi connectivity index (χ3v) is 4.50. The van der Waals surface area contributed by atoms with E-state index in [4.69, 9.17) is 27.9 Å². The van der Waals surface area contributed by atoms with Crippen molar-refractivity contribution in [3.8, 4) is 0 Å². The second-order valence-electron chi connectivity index (χ2n) is 5.97. The molecule has 0 saturated heterocycles. The Morgan fingerprint density at radius 3 is 2.74 bits per heavy atom. The molecule has 2 heterocycles. The van der Waals surface area contributed by atoms with Crippen LogP contribution in [0.3, 0.4) is 0 Å². The molecule has 0 fully saturated rings. The molecule has 1 unspecified atom stereocenters. The highest BCUT2D eigenvalue weighted by Crippen LogP contribution is 2.25. The van der Waals surface area contributed by atoms with Gasteiger partial charge in [-0.25, -0.2) is 9.78 Å². The van der Waals surface area contributed by atoms with Crippen molar-refractivity contribution < 1.29 is 14.3 Å². The summed E-state index contributed by atoms with van der Waals surface area (Å²) in [5.74, 6) is -1.19. The summed E-state index contributed by atoms with van der Waals surface area (Å²) in [4.78, 5) is 28.9. The van der Waals surface area contributed by atoms with Crippen molar-refractivity contribution in [3.63, 3.8) is 0 Å². The van der Waals surface area contributed by atoms with Crippen molar-refractivity contribution in [3.05, 3.63) is 51.8 Å². The van der Waals surface area contributed by atoms with Gasteiger partial charge in [0.1, 0.15) is 0 Å². The highest BCUT2D eigenvalue weighted by atomic mass is 35.5. The molecule has 3 rings (SSSR count). The number of nitrogens with one attached hydrogen (secondary N) is 1. The lowest BCUT2D eigenvalue weighted by molar-refractivity contribution is -0.123. The van der Waals surface area contributed by atoms with Crippen LogP contribution in [0.4, 0.5) is 5.69 Å². The topological polar surface area (TPSA) is 86.1 Å². The number of pyridine rings is 1. The fourth-order valence-corrected chi connectivity index (χ4v) is 2.87. The minimum Gasteiger partial charge on any atom is -0.449 e. The van der Waals surface area contributed by atoms with E-state index in [1.54, 1.807) is 29.9 Å². The number of hydrogen-bond acceptors (Lipinski definition) is 5. The molecule has 2 aromatic heterocycles. The van der Waals surface area contributed by atoms with Crippen molar-refractivity contribution >= 4 is 51.8 Å². The minimum absolute atomic E-state index is 0.235. The van der Waals surface area contributed by atoms with Gasteiger partial charge < -0.3 is 10.1 Å². The number of carbonyl (C=O) groups excluding carboxylic acids is 2. The molecule has 0 aliphatic heterocycles. The first-order valence-electron chi connectivity index (χ1n) is 8.02. The Morgan fingerprint density at radius 2 is 2.00 bits per heavy atom. The monoisotopic (exact) mass is 406 g/mol. The smallest absolute Gasteiger partial charge is 0.340 e. The van der Waals surface area contributed by atoms with Gasteiger partial charge >= 0.3 is 5.97 Å². The van der Waals surface area contributed by atoms with Gasteiger partial charge in [-0.3, -0.25) is 9.48 Å². The summed E-state index contributed by atoms with van der Waals surface area (Å²) in [6, 6.07) is 6.32. The molecule has 1 amide bonds. The van der Waals surface area contributed by atoms with Crippen molar-refractivity contribution in [1.82, 2.24) is 14.8 Å². The first-order valence-corrected chi connectivity index (χ1v) is 8.78. The lowest BCUT2D eigenvalue weighted by Crippen LogP contribution is -2.30. The number of halogens is 2. The van der Waals surface area contributed by atoms with E-state index in [0.29, 0.717) is 21.4 Å². The van der Waals surface area contributed by atoms with Crippen LogP contribution >= 0.6 is 23.2 Å². The van der Waals surface area contributed by atoms with Crippen LogP contribution < -0.4 is 5.32 Å². The van der Waals surface area contributed by atoms with Gasteiger partial charge in [-0.05, 0) is 38.1 Å². The molecule has 0 radical (unpaired) electrons. The molecule has 3 aromatic rings. The molecule has 140 valence electrons. The van der Waals surface area contributed by atoms with E-state index in [9.17, 15) is 9.59 Å². The van der Waals surface area contributed by atoms with E-state index >= 15 is 0 Å². The molecule has 0 aliphatic carbocycles. The molecular weight excluding hydrogens is 391 g/mol. The Morgan fingerprint density at radius 1 is 1.26 bits per heavy atom. The summed E-state index contributed by atoms with van der Waals surface area (Å²) in [6.07, 6.45) is 0.350. The summed E-state index contributed by atoms with van der Waals surface area (Å²) in [5, 5.41) is 8.34. The van der Waals surface area contributed by atoms with Crippen LogP contribution in [0.5, 0.6) is 0 Å². The van der Waals surface area contributed by atoms with Crippen molar-refractivity contribution in [2.75, 3.05) is 5.32 Å². The Hall–Kier alpha value is -2.64. The lowest BCUT2D eigenvalue weighted by atomic mass is 10.2. The van der Waals surface area contributed by atoms with Crippen LogP contribution in [0.25, 0.3) is 11.0 Å². The molecule has 0 bridgehead atoms. The fraction of sp³-hybridized carbons (Fsp3) is 0.222. The molecule has 9 heteroatoms. The number of anilines is 1. The molecule has 1 atom stereocenters. The van der Waals surface area contributed by atoms with Crippen molar-refractivity contribution in [2.45, 2.75) is 20.0 Å². The number of carbonyl (C=O) groups is 2. The standard InChI is InChI=1S/C18H16Cl2N4O3/c1-9-13-6-11(8-21-16(13)24(3)23-9)18(26)27-10(2)17(25)22-15-7-12(19)4-5-14(15)20/h4-8,10H,1-3H3,(H,22,25). The number of nitrogens with zero attached hydrogens (tertiary/aromatic N) is 3. The van der Waals surface area contributed by atoms with E-state index in [0.717, 1.165) is 11.1 Å². The number of hydrogen-bond donors (Lipinski definition) is 1. The number of esters is 1. The number of aromatic nitrogens is 3. The van der Waals surface area contributed by atoms with Gasteiger partial charge in [0.2, 0.25) is 0 Å². The number of ether oxygens (including phenoxy) is 1. The van der Waals surface area contributed by atoms with Crippen LogP contribution in [0.15, 0.2) is 30.5 Å². The zero-order chi connectivity index (χ0) is 19.7. The normalized spacial score (nSPS) is 12.0. The van der Waals surface area contributed by atoms with Gasteiger partial charge in [-0.15, -0.1) is 0 Å². The van der Waals surface area contributed by atoms with E-state index in [2.05, 4.69) is 15.4 Å². The Bertz CT molecular complexity index is 1050. The van der Waals surface area contributed by atoms with E-state index in [-0.39, 0.29) is 5.56 Å². The van der Waals surface area contributed by atoms with Gasteiger partial charge in [0, 0.05) is 23.7 Å². The fourth-order valence-electron chi connectivity index (χ4n) is 2.53. The molecule has 1 N–H and O–H groups in total. The number of fused-ring (bicyclic) bond motifs is 1. The van der Waals surface area contributed by atoms with Crippen LogP contribution in [0.1, 0.15) is 23.0 Å². The summed E-state index contributed by atoms with van der Waals surface area (Å²) in [6.45, 7) is 3.29. The average Bonchev–Trinajstić information content (AvgIpc) is 2.91. The van der Waals surface area contributed by atoms with Gasteiger partial charge in [-0.2, -0.15) is 5.10 Å².